The van der Waals surface area contributed by atoms with Crippen LogP contribution < -0.4 is 0 Å². The lowest BCUT2D eigenvalue weighted by Crippen LogP contribution is -2.38. The van der Waals surface area contributed by atoms with Gasteiger partial charge in [0.2, 0.25) is 11.8 Å². The minimum atomic E-state index is 0.00284. The Bertz CT molecular complexity index is 747. The van der Waals surface area contributed by atoms with E-state index in [1.807, 2.05) is 23.1 Å². The molecule has 0 spiro atoms. The van der Waals surface area contributed by atoms with Crippen molar-refractivity contribution in [1.29, 1.82) is 0 Å². The van der Waals surface area contributed by atoms with E-state index in [2.05, 4.69) is 26.0 Å². The Balaban J connectivity index is 1.67. The number of benzene rings is 1. The zero-order chi connectivity index (χ0) is 17.4. The number of hydrogen-bond acceptors (Lipinski definition) is 3. The van der Waals surface area contributed by atoms with Crippen molar-refractivity contribution in [3.8, 4) is 11.3 Å². The predicted octanol–water partition coefficient (Wildman–Crippen LogP) is 4.93. The van der Waals surface area contributed by atoms with Gasteiger partial charge in [0, 0.05) is 23.9 Å². The van der Waals surface area contributed by atoms with Crippen LogP contribution in [0.3, 0.4) is 0 Å². The average molecular weight is 338 g/mol. The molecule has 1 saturated heterocycles. The van der Waals surface area contributed by atoms with Gasteiger partial charge in [0.05, 0.1) is 0 Å². The molecule has 4 nitrogen and oxygen atoms in total. The number of likely N-dealkylation sites (tertiary alicyclic amines) is 1. The highest BCUT2D eigenvalue weighted by molar-refractivity contribution is 5.80. The third-order valence-corrected chi connectivity index (χ3v) is 5.52. The van der Waals surface area contributed by atoms with Crippen molar-refractivity contribution in [2.24, 2.45) is 5.92 Å². The Morgan fingerprint density at radius 3 is 2.56 bits per heavy atom. The number of nitrogens with zero attached hydrogens (tertiary/aromatic N) is 2. The lowest BCUT2D eigenvalue weighted by Gasteiger charge is -2.31. The summed E-state index contributed by atoms with van der Waals surface area (Å²) in [6.07, 6.45) is 5.25. The van der Waals surface area contributed by atoms with Gasteiger partial charge in [-0.15, -0.1) is 0 Å². The van der Waals surface area contributed by atoms with Crippen molar-refractivity contribution in [3.05, 3.63) is 42.0 Å². The van der Waals surface area contributed by atoms with Crippen LogP contribution in [0.2, 0.25) is 0 Å². The van der Waals surface area contributed by atoms with Gasteiger partial charge in [0.1, 0.15) is 17.5 Å². The van der Waals surface area contributed by atoms with E-state index in [-0.39, 0.29) is 17.9 Å². The summed E-state index contributed by atoms with van der Waals surface area (Å²) >= 11 is 0. The summed E-state index contributed by atoms with van der Waals surface area (Å²) < 4.78 is 6.22. The van der Waals surface area contributed by atoms with Gasteiger partial charge in [-0.2, -0.15) is 0 Å². The second kappa shape index (κ2) is 6.66. The van der Waals surface area contributed by atoms with Crippen LogP contribution in [-0.2, 0) is 4.79 Å². The fourth-order valence-electron chi connectivity index (χ4n) is 3.86. The second-order valence-electron chi connectivity index (χ2n) is 7.60. The molecule has 132 valence electrons. The zero-order valence-electron chi connectivity index (χ0n) is 15.1. The molecule has 4 rings (SSSR count). The molecular formula is C21H26N2O2. The topological polar surface area (TPSA) is 46.3 Å². The van der Waals surface area contributed by atoms with E-state index in [4.69, 9.17) is 9.40 Å². The van der Waals surface area contributed by atoms with Crippen LogP contribution in [0.5, 0.6) is 0 Å². The van der Waals surface area contributed by atoms with Crippen molar-refractivity contribution in [3.63, 3.8) is 0 Å². The molecule has 2 fully saturated rings. The smallest absolute Gasteiger partial charge is 0.226 e. The number of aromatic nitrogens is 1. The van der Waals surface area contributed by atoms with E-state index < -0.39 is 0 Å². The quantitative estimate of drug-likeness (QED) is 0.794. The largest absolute Gasteiger partial charge is 0.442 e. The summed E-state index contributed by atoms with van der Waals surface area (Å²) in [7, 11) is 0. The van der Waals surface area contributed by atoms with E-state index in [1.165, 1.54) is 6.42 Å². The molecule has 1 atom stereocenters. The van der Waals surface area contributed by atoms with Gasteiger partial charge in [-0.05, 0) is 25.7 Å². The van der Waals surface area contributed by atoms with Gasteiger partial charge in [-0.3, -0.25) is 4.79 Å². The first kappa shape index (κ1) is 16.4. The number of amides is 1. The van der Waals surface area contributed by atoms with Gasteiger partial charge < -0.3 is 9.32 Å². The third-order valence-electron chi connectivity index (χ3n) is 5.52. The van der Waals surface area contributed by atoms with Crippen LogP contribution in [-0.4, -0.2) is 22.3 Å². The van der Waals surface area contributed by atoms with Crippen molar-refractivity contribution in [2.75, 3.05) is 6.54 Å². The molecule has 1 aromatic carbocycles. The molecule has 2 aliphatic rings. The van der Waals surface area contributed by atoms with Crippen LogP contribution in [0.15, 0.2) is 34.7 Å². The monoisotopic (exact) mass is 338 g/mol. The Morgan fingerprint density at radius 1 is 1.16 bits per heavy atom. The highest BCUT2D eigenvalue weighted by atomic mass is 16.4. The maximum atomic E-state index is 12.8. The molecule has 0 unspecified atom stereocenters. The molecule has 2 aromatic rings. The summed E-state index contributed by atoms with van der Waals surface area (Å²) in [5.41, 5.74) is 2.00. The number of carbonyl (C=O) groups is 1. The number of rotatable bonds is 4. The fraction of sp³-hybridized carbons (Fsp3) is 0.524. The van der Waals surface area contributed by atoms with Crippen LogP contribution in [0.4, 0.5) is 0 Å². The Kier molecular flexibility index (Phi) is 4.36. The summed E-state index contributed by atoms with van der Waals surface area (Å²) in [4.78, 5) is 19.6. The van der Waals surface area contributed by atoms with Crippen LogP contribution in [0.25, 0.3) is 11.3 Å². The summed E-state index contributed by atoms with van der Waals surface area (Å²) in [5.74, 6) is 2.43. The van der Waals surface area contributed by atoms with Crippen LogP contribution >= 0.6 is 0 Å². The minimum Gasteiger partial charge on any atom is -0.442 e. The molecule has 1 aliphatic heterocycles. The van der Waals surface area contributed by atoms with Gasteiger partial charge in [0.25, 0.3) is 0 Å². The van der Waals surface area contributed by atoms with Crippen molar-refractivity contribution in [1.82, 2.24) is 9.88 Å². The molecule has 0 N–H and O–H groups in total. The lowest BCUT2D eigenvalue weighted by molar-refractivity contribution is -0.139. The SMILES string of the molecule is CC(C)c1oc([C@H]2CCCN2C(=O)C2CCC2)nc1-c1ccccc1. The van der Waals surface area contributed by atoms with Gasteiger partial charge >= 0.3 is 0 Å². The summed E-state index contributed by atoms with van der Waals surface area (Å²) in [6.45, 7) is 5.09. The molecule has 4 heteroatoms. The van der Waals surface area contributed by atoms with Gasteiger partial charge in [-0.1, -0.05) is 50.6 Å². The highest BCUT2D eigenvalue weighted by Crippen LogP contribution is 2.39. The van der Waals surface area contributed by atoms with Crippen molar-refractivity contribution >= 4 is 5.91 Å². The zero-order valence-corrected chi connectivity index (χ0v) is 15.1. The molecule has 1 amide bonds. The molecule has 1 saturated carbocycles. The lowest BCUT2D eigenvalue weighted by atomic mass is 9.84. The third kappa shape index (κ3) is 2.99. The highest BCUT2D eigenvalue weighted by Gasteiger charge is 2.38. The van der Waals surface area contributed by atoms with Crippen molar-refractivity contribution in [2.45, 2.75) is 57.9 Å². The second-order valence-corrected chi connectivity index (χ2v) is 7.60. The molecule has 0 bridgehead atoms. The van der Waals surface area contributed by atoms with E-state index in [0.717, 1.165) is 49.2 Å². The van der Waals surface area contributed by atoms with E-state index in [9.17, 15) is 4.79 Å². The van der Waals surface area contributed by atoms with Gasteiger partial charge in [0.15, 0.2) is 0 Å². The summed E-state index contributed by atoms with van der Waals surface area (Å²) in [6, 6.07) is 10.2. The molecule has 1 aliphatic carbocycles. The standard InChI is InChI=1S/C21H26N2O2/c1-14(2)19-18(15-8-4-3-5-9-15)22-20(25-19)17-12-7-13-23(17)21(24)16-10-6-11-16/h3-5,8-9,14,16-17H,6-7,10-13H2,1-2H3/t17-/m1/s1. The predicted molar refractivity (Wildman–Crippen MR) is 97.1 cm³/mol. The molecule has 2 heterocycles. The fourth-order valence-corrected chi connectivity index (χ4v) is 3.86. The van der Waals surface area contributed by atoms with Crippen molar-refractivity contribution < 1.29 is 9.21 Å². The maximum absolute atomic E-state index is 12.8. The maximum Gasteiger partial charge on any atom is 0.226 e. The van der Waals surface area contributed by atoms with E-state index >= 15 is 0 Å². The van der Waals surface area contributed by atoms with E-state index in [1.54, 1.807) is 0 Å². The molecular weight excluding hydrogens is 312 g/mol. The van der Waals surface area contributed by atoms with E-state index in [0.29, 0.717) is 11.8 Å². The van der Waals surface area contributed by atoms with Crippen LogP contribution in [0, 0.1) is 5.92 Å². The minimum absolute atomic E-state index is 0.00284. The molecule has 0 radical (unpaired) electrons. The van der Waals surface area contributed by atoms with Gasteiger partial charge in [-0.25, -0.2) is 4.98 Å². The van der Waals surface area contributed by atoms with Crippen LogP contribution in [0.1, 0.15) is 69.6 Å². The normalized spacial score (nSPS) is 20.9. The first-order chi connectivity index (χ1) is 12.1. The number of hydrogen-bond donors (Lipinski definition) is 0. The number of carbonyl (C=O) groups excluding carboxylic acids is 1. The Labute approximate surface area is 149 Å². The molecule has 25 heavy (non-hydrogen) atoms. The number of oxazole rings is 1. The summed E-state index contributed by atoms with van der Waals surface area (Å²) in [5, 5.41) is 0. The average Bonchev–Trinajstić information content (AvgIpc) is 3.20. The Morgan fingerprint density at radius 2 is 1.92 bits per heavy atom. The first-order valence-corrected chi connectivity index (χ1v) is 9.51. The first-order valence-electron chi connectivity index (χ1n) is 9.51. The molecule has 1 aromatic heterocycles. The Hall–Kier alpha value is -2.10.